The summed E-state index contributed by atoms with van der Waals surface area (Å²) >= 11 is 0. The van der Waals surface area contributed by atoms with Crippen LogP contribution in [0.25, 0.3) is 0 Å². The number of carbonyl (C=O) groups excluding carboxylic acids is 1. The normalized spacial score (nSPS) is 29.5. The van der Waals surface area contributed by atoms with Crippen molar-refractivity contribution in [2.45, 2.75) is 45.6 Å². The number of carbonyl (C=O) groups is 1. The molecule has 1 aliphatic rings. The fraction of sp³-hybridized carbons (Fsp3) is 0.857. The molecule has 0 aromatic rings. The lowest BCUT2D eigenvalue weighted by Gasteiger charge is -2.47. The number of hydrogen-bond donors (Lipinski definition) is 3. The van der Waals surface area contributed by atoms with E-state index in [0.717, 1.165) is 19.3 Å². The molecule has 0 saturated heterocycles. The summed E-state index contributed by atoms with van der Waals surface area (Å²) in [7, 11) is 0. The van der Waals surface area contributed by atoms with Gasteiger partial charge in [0.25, 0.3) is 0 Å². The van der Waals surface area contributed by atoms with E-state index < -0.39 is 0 Å². The summed E-state index contributed by atoms with van der Waals surface area (Å²) < 4.78 is 0. The highest BCUT2D eigenvalue weighted by atomic mass is 16.3. The molecule has 0 aromatic carbocycles. The van der Waals surface area contributed by atoms with Crippen LogP contribution in [0, 0.1) is 22.7 Å². The first kappa shape index (κ1) is 15.9. The largest absolute Gasteiger partial charge is 0.394 e. The molecule has 2 unspecified atom stereocenters. The number of nitriles is 1. The van der Waals surface area contributed by atoms with Crippen LogP contribution in [-0.4, -0.2) is 36.2 Å². The number of rotatable bonds is 5. The van der Waals surface area contributed by atoms with Crippen LogP contribution < -0.4 is 10.6 Å². The molecule has 0 spiro atoms. The lowest BCUT2D eigenvalue weighted by Crippen LogP contribution is -2.57. The molecule has 1 aliphatic carbocycles. The third-order valence-corrected chi connectivity index (χ3v) is 3.75. The van der Waals surface area contributed by atoms with Crippen LogP contribution in [0.15, 0.2) is 0 Å². The summed E-state index contributed by atoms with van der Waals surface area (Å²) in [6.07, 6.45) is 2.86. The zero-order chi connectivity index (χ0) is 14.5. The highest BCUT2D eigenvalue weighted by molar-refractivity contribution is 5.78. The molecule has 1 fully saturated rings. The molecule has 0 bridgehead atoms. The van der Waals surface area contributed by atoms with Gasteiger partial charge in [0.2, 0.25) is 5.91 Å². The number of nitrogens with zero attached hydrogens (tertiary/aromatic N) is 1. The second-order valence-corrected chi connectivity index (χ2v) is 6.58. The predicted octanol–water partition coefficient (Wildman–Crippen LogP) is 0.793. The van der Waals surface area contributed by atoms with Gasteiger partial charge in [-0.3, -0.25) is 4.79 Å². The van der Waals surface area contributed by atoms with Crippen molar-refractivity contribution in [2.24, 2.45) is 11.3 Å². The average Bonchev–Trinajstić information content (AvgIpc) is 2.31. The van der Waals surface area contributed by atoms with Crippen molar-refractivity contribution in [3.63, 3.8) is 0 Å². The van der Waals surface area contributed by atoms with Gasteiger partial charge in [0, 0.05) is 5.54 Å². The molecular weight excluding hydrogens is 242 g/mol. The first-order valence-corrected chi connectivity index (χ1v) is 6.82. The smallest absolute Gasteiger partial charge is 0.234 e. The Bertz CT molecular complexity index is 362. The van der Waals surface area contributed by atoms with Gasteiger partial charge in [-0.05, 0) is 30.6 Å². The molecule has 1 saturated carbocycles. The van der Waals surface area contributed by atoms with Crippen molar-refractivity contribution < 1.29 is 9.90 Å². The lowest BCUT2D eigenvalue weighted by molar-refractivity contribution is -0.120. The fourth-order valence-corrected chi connectivity index (χ4v) is 3.52. The van der Waals surface area contributed by atoms with Crippen LogP contribution >= 0.6 is 0 Å². The quantitative estimate of drug-likeness (QED) is 0.643. The van der Waals surface area contributed by atoms with Gasteiger partial charge in [0.15, 0.2) is 0 Å². The zero-order valence-corrected chi connectivity index (χ0v) is 12.1. The second-order valence-electron chi connectivity index (χ2n) is 6.58. The molecule has 5 nitrogen and oxygen atoms in total. The highest BCUT2D eigenvalue weighted by Gasteiger charge is 2.42. The van der Waals surface area contributed by atoms with E-state index in [1.54, 1.807) is 0 Å². The molecule has 2 atom stereocenters. The van der Waals surface area contributed by atoms with Gasteiger partial charge in [-0.1, -0.05) is 20.8 Å². The van der Waals surface area contributed by atoms with E-state index in [4.69, 9.17) is 5.26 Å². The molecule has 0 heterocycles. The first-order chi connectivity index (χ1) is 8.82. The van der Waals surface area contributed by atoms with E-state index in [1.807, 2.05) is 6.07 Å². The Morgan fingerprint density at radius 2 is 2.16 bits per heavy atom. The number of nitrogens with one attached hydrogen (secondary N) is 2. The van der Waals surface area contributed by atoms with Gasteiger partial charge in [-0.2, -0.15) is 5.26 Å². The van der Waals surface area contributed by atoms with E-state index in [9.17, 15) is 9.90 Å². The van der Waals surface area contributed by atoms with Crippen LogP contribution in [0.4, 0.5) is 0 Å². The maximum Gasteiger partial charge on any atom is 0.234 e. The Labute approximate surface area is 115 Å². The molecule has 0 aliphatic heterocycles. The van der Waals surface area contributed by atoms with Crippen LogP contribution in [-0.2, 0) is 4.79 Å². The zero-order valence-electron chi connectivity index (χ0n) is 12.1. The topological polar surface area (TPSA) is 85.2 Å². The molecule has 3 N–H and O–H groups in total. The third kappa shape index (κ3) is 4.81. The number of aliphatic hydroxyl groups excluding tert-OH is 1. The van der Waals surface area contributed by atoms with Crippen LogP contribution in [0.2, 0.25) is 0 Å². The Hall–Kier alpha value is -1.12. The minimum atomic E-state index is -0.384. The monoisotopic (exact) mass is 267 g/mol. The standard InChI is InChI=1S/C14H25N3O2/c1-11-6-13(2,3)9-14(7-11,10-18)17-8-12(19)16-5-4-15/h11,17-18H,5-10H2,1-3H3,(H,16,19). The van der Waals surface area contributed by atoms with Crippen molar-refractivity contribution in [3.05, 3.63) is 0 Å². The third-order valence-electron chi connectivity index (χ3n) is 3.75. The first-order valence-electron chi connectivity index (χ1n) is 6.82. The fourth-order valence-electron chi connectivity index (χ4n) is 3.52. The molecule has 1 rings (SSSR count). The van der Waals surface area contributed by atoms with E-state index >= 15 is 0 Å². The second kappa shape index (κ2) is 6.36. The van der Waals surface area contributed by atoms with Gasteiger partial charge in [-0.25, -0.2) is 0 Å². The predicted molar refractivity (Wildman–Crippen MR) is 73.2 cm³/mol. The molecule has 0 aromatic heterocycles. The van der Waals surface area contributed by atoms with Gasteiger partial charge >= 0.3 is 0 Å². The lowest BCUT2D eigenvalue weighted by atomic mass is 9.64. The van der Waals surface area contributed by atoms with Crippen LogP contribution in [0.1, 0.15) is 40.0 Å². The van der Waals surface area contributed by atoms with Crippen molar-refractivity contribution in [1.29, 1.82) is 5.26 Å². The molecule has 0 radical (unpaired) electrons. The van der Waals surface area contributed by atoms with Gasteiger partial charge in [-0.15, -0.1) is 0 Å². The minimum Gasteiger partial charge on any atom is -0.394 e. The van der Waals surface area contributed by atoms with Gasteiger partial charge in [0.1, 0.15) is 6.54 Å². The van der Waals surface area contributed by atoms with Crippen molar-refractivity contribution in [1.82, 2.24) is 10.6 Å². The van der Waals surface area contributed by atoms with Crippen molar-refractivity contribution >= 4 is 5.91 Å². The summed E-state index contributed by atoms with van der Waals surface area (Å²) in [6.45, 7) is 6.78. The molecule has 108 valence electrons. The summed E-state index contributed by atoms with van der Waals surface area (Å²) in [5, 5.41) is 23.9. The summed E-state index contributed by atoms with van der Waals surface area (Å²) in [4.78, 5) is 11.5. The number of aliphatic hydroxyl groups is 1. The summed E-state index contributed by atoms with van der Waals surface area (Å²) in [6, 6.07) is 1.87. The Kier molecular flexibility index (Phi) is 5.33. The molecule has 5 heteroatoms. The number of hydrogen-bond acceptors (Lipinski definition) is 4. The van der Waals surface area contributed by atoms with Crippen LogP contribution in [0.3, 0.4) is 0 Å². The van der Waals surface area contributed by atoms with Crippen molar-refractivity contribution in [2.75, 3.05) is 19.7 Å². The van der Waals surface area contributed by atoms with E-state index in [-0.39, 0.29) is 36.6 Å². The van der Waals surface area contributed by atoms with Gasteiger partial charge in [0.05, 0.1) is 19.2 Å². The van der Waals surface area contributed by atoms with Crippen molar-refractivity contribution in [3.8, 4) is 6.07 Å². The Morgan fingerprint density at radius 3 is 2.68 bits per heavy atom. The summed E-state index contributed by atoms with van der Waals surface area (Å²) in [5.74, 6) is 0.316. The molecular formula is C14H25N3O2. The van der Waals surface area contributed by atoms with Crippen LogP contribution in [0.5, 0.6) is 0 Å². The average molecular weight is 267 g/mol. The maximum absolute atomic E-state index is 11.5. The minimum absolute atomic E-state index is 0.0224. The summed E-state index contributed by atoms with van der Waals surface area (Å²) in [5.41, 5.74) is -0.221. The Balaban J connectivity index is 2.60. The molecule has 19 heavy (non-hydrogen) atoms. The van der Waals surface area contributed by atoms with E-state index in [0.29, 0.717) is 5.92 Å². The SMILES string of the molecule is CC1CC(C)(C)CC(CO)(NCC(=O)NCC#N)C1. The highest BCUT2D eigenvalue weighted by Crippen LogP contribution is 2.43. The van der Waals surface area contributed by atoms with Gasteiger partial charge < -0.3 is 15.7 Å². The maximum atomic E-state index is 11.5. The number of amides is 1. The van der Waals surface area contributed by atoms with E-state index in [1.165, 1.54) is 0 Å². The molecule has 1 amide bonds. The Morgan fingerprint density at radius 1 is 1.47 bits per heavy atom. The van der Waals surface area contributed by atoms with E-state index in [2.05, 4.69) is 31.4 Å².